The van der Waals surface area contributed by atoms with Gasteiger partial charge in [-0.15, -0.1) is 11.3 Å². The average Bonchev–Trinajstić information content (AvgIpc) is 3.29. The summed E-state index contributed by atoms with van der Waals surface area (Å²) >= 11 is 1.29. The van der Waals surface area contributed by atoms with Crippen molar-refractivity contribution in [3.63, 3.8) is 0 Å². The summed E-state index contributed by atoms with van der Waals surface area (Å²) in [5, 5.41) is 4.93. The molecule has 0 bridgehead atoms. The van der Waals surface area contributed by atoms with Crippen LogP contribution >= 0.6 is 11.3 Å². The molecule has 9 heteroatoms. The van der Waals surface area contributed by atoms with E-state index in [-0.39, 0.29) is 17.1 Å². The predicted octanol–water partition coefficient (Wildman–Crippen LogP) is 4.19. The fraction of sp³-hybridized carbons (Fsp3) is 0.261. The molecule has 0 aliphatic heterocycles. The Morgan fingerprint density at radius 3 is 2.31 bits per heavy atom. The number of nitrogens with zero attached hydrogens (tertiary/aromatic N) is 1. The van der Waals surface area contributed by atoms with Crippen molar-refractivity contribution < 1.29 is 28.5 Å². The van der Waals surface area contributed by atoms with E-state index >= 15 is 0 Å². The fourth-order valence-corrected chi connectivity index (χ4v) is 3.74. The van der Waals surface area contributed by atoms with Crippen LogP contribution in [0.15, 0.2) is 41.8 Å². The number of hydrogen-bond donors (Lipinski definition) is 1. The van der Waals surface area contributed by atoms with Gasteiger partial charge in [0.05, 0.1) is 27.0 Å². The Bertz CT molecular complexity index is 1090. The van der Waals surface area contributed by atoms with Crippen LogP contribution in [0.4, 0.5) is 5.13 Å². The zero-order valence-corrected chi connectivity index (χ0v) is 19.1. The zero-order chi connectivity index (χ0) is 23.1. The lowest BCUT2D eigenvalue weighted by molar-refractivity contribution is -0.119. The van der Waals surface area contributed by atoms with E-state index in [9.17, 15) is 9.59 Å². The van der Waals surface area contributed by atoms with Crippen molar-refractivity contribution in [1.82, 2.24) is 4.98 Å². The zero-order valence-electron chi connectivity index (χ0n) is 18.3. The van der Waals surface area contributed by atoms with E-state index < -0.39 is 18.5 Å². The first-order valence-corrected chi connectivity index (χ1v) is 10.7. The van der Waals surface area contributed by atoms with Gasteiger partial charge in [0.1, 0.15) is 5.56 Å². The molecule has 2 aromatic carbocycles. The highest BCUT2D eigenvalue weighted by Crippen LogP contribution is 2.40. The quantitative estimate of drug-likeness (QED) is 0.482. The normalized spacial score (nSPS) is 10.4. The van der Waals surface area contributed by atoms with Crippen molar-refractivity contribution in [3.05, 3.63) is 52.9 Å². The molecule has 0 unspecified atom stereocenters. The number of carbonyl (C=O) groups is 2. The third kappa shape index (κ3) is 5.17. The van der Waals surface area contributed by atoms with Crippen LogP contribution in [0.3, 0.4) is 0 Å². The number of amides is 1. The number of ether oxygens (including phenoxy) is 4. The van der Waals surface area contributed by atoms with Gasteiger partial charge in [-0.25, -0.2) is 9.78 Å². The molecule has 1 N–H and O–H groups in total. The lowest BCUT2D eigenvalue weighted by Crippen LogP contribution is -2.21. The van der Waals surface area contributed by atoms with Crippen LogP contribution in [0.2, 0.25) is 0 Å². The Balaban J connectivity index is 1.62. The molecule has 0 saturated heterocycles. The van der Waals surface area contributed by atoms with Crippen molar-refractivity contribution in [2.75, 3.05) is 33.3 Å². The molecule has 3 rings (SSSR count). The lowest BCUT2D eigenvalue weighted by Gasteiger charge is -2.15. The van der Waals surface area contributed by atoms with Gasteiger partial charge in [0.25, 0.3) is 5.91 Å². The molecular weight excluding hydrogens is 432 g/mol. The predicted molar refractivity (Wildman–Crippen MR) is 122 cm³/mol. The van der Waals surface area contributed by atoms with Gasteiger partial charge in [-0.2, -0.15) is 0 Å². The molecule has 0 spiro atoms. The minimum absolute atomic E-state index is 0.116. The van der Waals surface area contributed by atoms with Crippen molar-refractivity contribution in [2.45, 2.75) is 13.3 Å². The Kier molecular flexibility index (Phi) is 7.67. The molecule has 1 amide bonds. The number of thiazole rings is 1. The van der Waals surface area contributed by atoms with Crippen LogP contribution in [0, 0.1) is 0 Å². The molecule has 0 fully saturated rings. The van der Waals surface area contributed by atoms with Gasteiger partial charge in [0, 0.05) is 10.9 Å². The van der Waals surface area contributed by atoms with Gasteiger partial charge < -0.3 is 18.9 Å². The summed E-state index contributed by atoms with van der Waals surface area (Å²) < 4.78 is 20.9. The fourth-order valence-electron chi connectivity index (χ4n) is 3.00. The van der Waals surface area contributed by atoms with Crippen LogP contribution < -0.4 is 19.5 Å². The van der Waals surface area contributed by atoms with Gasteiger partial charge in [-0.1, -0.05) is 31.2 Å². The maximum absolute atomic E-state index is 12.5. The van der Waals surface area contributed by atoms with Crippen molar-refractivity contribution in [2.24, 2.45) is 0 Å². The Morgan fingerprint density at radius 2 is 1.69 bits per heavy atom. The third-order valence-electron chi connectivity index (χ3n) is 4.67. The van der Waals surface area contributed by atoms with E-state index in [1.165, 1.54) is 44.3 Å². The summed E-state index contributed by atoms with van der Waals surface area (Å²) in [6, 6.07) is 11.1. The largest absolute Gasteiger partial charge is 0.493 e. The first-order chi connectivity index (χ1) is 15.5. The summed E-state index contributed by atoms with van der Waals surface area (Å²) in [7, 11) is 4.31. The average molecular weight is 457 g/mol. The number of aromatic nitrogens is 1. The van der Waals surface area contributed by atoms with Gasteiger partial charge in [0.2, 0.25) is 5.75 Å². The second-order valence-corrected chi connectivity index (χ2v) is 7.45. The minimum atomic E-state index is -0.728. The third-order valence-corrected chi connectivity index (χ3v) is 5.42. The van der Waals surface area contributed by atoms with Gasteiger partial charge in [-0.05, 0) is 24.1 Å². The molecule has 8 nitrogen and oxygen atoms in total. The SMILES string of the molecule is CCc1ccc(-c2csc(NC(=O)COC(=O)c3ccc(OC)c(OC)c3OC)n2)cc1. The lowest BCUT2D eigenvalue weighted by atomic mass is 10.1. The molecule has 32 heavy (non-hydrogen) atoms. The molecule has 1 heterocycles. The topological polar surface area (TPSA) is 96.0 Å². The number of nitrogens with one attached hydrogen (secondary N) is 1. The number of anilines is 1. The maximum atomic E-state index is 12.5. The second kappa shape index (κ2) is 10.6. The highest BCUT2D eigenvalue weighted by Gasteiger charge is 2.22. The molecule has 0 aliphatic carbocycles. The number of benzene rings is 2. The van der Waals surface area contributed by atoms with Crippen LogP contribution in [0.1, 0.15) is 22.8 Å². The molecule has 1 aromatic heterocycles. The van der Waals surface area contributed by atoms with Crippen molar-refractivity contribution >= 4 is 28.3 Å². The van der Waals surface area contributed by atoms with Crippen molar-refractivity contribution in [3.8, 4) is 28.5 Å². The Morgan fingerprint density at radius 1 is 0.969 bits per heavy atom. The molecule has 0 radical (unpaired) electrons. The van der Waals surface area contributed by atoms with E-state index in [2.05, 4.69) is 29.4 Å². The number of rotatable bonds is 9. The molecule has 168 valence electrons. The summed E-state index contributed by atoms with van der Waals surface area (Å²) in [6.07, 6.45) is 0.965. The summed E-state index contributed by atoms with van der Waals surface area (Å²) in [6.45, 7) is 1.62. The van der Waals surface area contributed by atoms with Crippen LogP contribution in [-0.2, 0) is 16.0 Å². The Hall–Kier alpha value is -3.59. The van der Waals surface area contributed by atoms with Crippen molar-refractivity contribution in [1.29, 1.82) is 0 Å². The van der Waals surface area contributed by atoms with E-state index in [1.54, 1.807) is 6.07 Å². The standard InChI is InChI=1S/C23H24N2O6S/c1-5-14-6-8-15(9-7-14)17-13-32-23(24-17)25-19(26)12-31-22(27)16-10-11-18(28-2)21(30-4)20(16)29-3/h6-11,13H,5,12H2,1-4H3,(H,24,25,26). The first-order valence-electron chi connectivity index (χ1n) is 9.81. The van der Waals surface area contributed by atoms with Gasteiger partial charge in [-0.3, -0.25) is 10.1 Å². The molecule has 0 saturated carbocycles. The molecular formula is C23H24N2O6S. The highest BCUT2D eigenvalue weighted by atomic mass is 32.1. The van der Waals surface area contributed by atoms with E-state index in [4.69, 9.17) is 18.9 Å². The molecule has 0 atom stereocenters. The number of aryl methyl sites for hydroxylation is 1. The smallest absolute Gasteiger partial charge is 0.342 e. The summed E-state index contributed by atoms with van der Waals surface area (Å²) in [4.78, 5) is 29.2. The monoisotopic (exact) mass is 456 g/mol. The van der Waals surface area contributed by atoms with Gasteiger partial charge in [0.15, 0.2) is 23.2 Å². The van der Waals surface area contributed by atoms with E-state index in [0.717, 1.165) is 17.7 Å². The summed E-state index contributed by atoms with van der Waals surface area (Å²) in [5.41, 5.74) is 3.08. The second-order valence-electron chi connectivity index (χ2n) is 6.59. The maximum Gasteiger partial charge on any atom is 0.342 e. The number of carbonyl (C=O) groups excluding carboxylic acids is 2. The number of esters is 1. The van der Waals surface area contributed by atoms with Crippen LogP contribution in [0.25, 0.3) is 11.3 Å². The van der Waals surface area contributed by atoms with Crippen LogP contribution in [0.5, 0.6) is 17.2 Å². The minimum Gasteiger partial charge on any atom is -0.493 e. The summed E-state index contributed by atoms with van der Waals surface area (Å²) in [5.74, 6) is -0.400. The molecule has 0 aliphatic rings. The van der Waals surface area contributed by atoms with E-state index in [0.29, 0.717) is 10.9 Å². The molecule has 3 aromatic rings. The van der Waals surface area contributed by atoms with Crippen LogP contribution in [-0.4, -0.2) is 44.8 Å². The Labute approximate surface area is 190 Å². The first kappa shape index (κ1) is 23.1. The highest BCUT2D eigenvalue weighted by molar-refractivity contribution is 7.14. The van der Waals surface area contributed by atoms with Gasteiger partial charge >= 0.3 is 5.97 Å². The number of hydrogen-bond acceptors (Lipinski definition) is 8. The number of methoxy groups -OCH3 is 3. The van der Waals surface area contributed by atoms with E-state index in [1.807, 2.05) is 17.5 Å².